The van der Waals surface area contributed by atoms with Crippen molar-refractivity contribution in [3.05, 3.63) is 59.1 Å². The van der Waals surface area contributed by atoms with Gasteiger partial charge in [0.05, 0.1) is 15.2 Å². The van der Waals surface area contributed by atoms with Gasteiger partial charge in [0.25, 0.3) is 5.91 Å². The van der Waals surface area contributed by atoms with Gasteiger partial charge in [-0.25, -0.2) is 4.98 Å². The van der Waals surface area contributed by atoms with Gasteiger partial charge in [-0.05, 0) is 30.3 Å². The second-order valence-electron chi connectivity index (χ2n) is 4.91. The Bertz CT molecular complexity index is 764. The lowest BCUT2D eigenvalue weighted by Gasteiger charge is -2.06. The molecule has 0 fully saturated rings. The third kappa shape index (κ3) is 3.26. The van der Waals surface area contributed by atoms with Crippen LogP contribution in [0.15, 0.2) is 48.5 Å². The van der Waals surface area contributed by atoms with Crippen LogP contribution in [0.3, 0.4) is 0 Å². The van der Waals surface area contributed by atoms with E-state index in [9.17, 15) is 4.79 Å². The maximum Gasteiger partial charge on any atom is 0.251 e. The Morgan fingerprint density at radius 3 is 2.86 bits per heavy atom. The Balaban J connectivity index is 1.59. The van der Waals surface area contributed by atoms with Crippen molar-refractivity contribution < 1.29 is 4.79 Å². The predicted molar refractivity (Wildman–Crippen MR) is 91.6 cm³/mol. The minimum Gasteiger partial charge on any atom is -0.388 e. The molecule has 0 aliphatic heterocycles. The monoisotopic (exact) mass is 311 g/mol. The van der Waals surface area contributed by atoms with E-state index in [1.165, 1.54) is 4.70 Å². The number of rotatable bonds is 5. The average Bonchev–Trinajstić information content (AvgIpc) is 2.97. The fourth-order valence-corrected chi connectivity index (χ4v) is 3.19. The number of carbonyl (C=O) groups is 1. The lowest BCUT2D eigenvalue weighted by molar-refractivity contribution is 0.0954. The Morgan fingerprint density at radius 2 is 2.05 bits per heavy atom. The van der Waals surface area contributed by atoms with Gasteiger partial charge in [-0.15, -0.1) is 11.3 Å². The highest BCUT2D eigenvalue weighted by Crippen LogP contribution is 2.21. The molecule has 1 heterocycles. The lowest BCUT2D eigenvalue weighted by Crippen LogP contribution is -2.25. The topological polar surface area (TPSA) is 54.0 Å². The van der Waals surface area contributed by atoms with Crippen LogP contribution in [0.4, 0.5) is 5.69 Å². The van der Waals surface area contributed by atoms with Gasteiger partial charge in [-0.2, -0.15) is 0 Å². The molecule has 5 heteroatoms. The number of carbonyl (C=O) groups excluding carboxylic acids is 1. The Kier molecular flexibility index (Phi) is 4.34. The van der Waals surface area contributed by atoms with Crippen LogP contribution in [0, 0.1) is 0 Å². The van der Waals surface area contributed by atoms with E-state index in [2.05, 4.69) is 21.7 Å². The summed E-state index contributed by atoms with van der Waals surface area (Å²) in [5.74, 6) is -0.0572. The van der Waals surface area contributed by atoms with Crippen LogP contribution in [0.2, 0.25) is 0 Å². The van der Waals surface area contributed by atoms with Gasteiger partial charge >= 0.3 is 0 Å². The molecule has 0 radical (unpaired) electrons. The summed E-state index contributed by atoms with van der Waals surface area (Å²) in [4.78, 5) is 16.7. The summed E-state index contributed by atoms with van der Waals surface area (Å²) < 4.78 is 1.19. The van der Waals surface area contributed by atoms with Crippen molar-refractivity contribution in [1.29, 1.82) is 0 Å². The molecular formula is C17H17N3OS. The molecule has 4 nitrogen and oxygen atoms in total. The number of fused-ring (bicyclic) bond motifs is 1. The van der Waals surface area contributed by atoms with Crippen molar-refractivity contribution in [2.75, 3.05) is 18.9 Å². The number of thiazole rings is 1. The Hall–Kier alpha value is -2.40. The average molecular weight is 311 g/mol. The third-order valence-corrected chi connectivity index (χ3v) is 4.47. The van der Waals surface area contributed by atoms with Crippen LogP contribution in [-0.2, 0) is 6.42 Å². The molecule has 112 valence electrons. The lowest BCUT2D eigenvalue weighted by atomic mass is 10.2. The highest BCUT2D eigenvalue weighted by atomic mass is 32.1. The molecule has 2 aromatic carbocycles. The quantitative estimate of drug-likeness (QED) is 0.760. The number of nitrogens with one attached hydrogen (secondary N) is 2. The number of amides is 1. The number of para-hydroxylation sites is 1. The number of aromatic nitrogens is 1. The Labute approximate surface area is 133 Å². The van der Waals surface area contributed by atoms with Crippen molar-refractivity contribution >= 4 is 33.1 Å². The molecule has 0 aliphatic rings. The molecule has 0 aliphatic carbocycles. The van der Waals surface area contributed by atoms with E-state index < -0.39 is 0 Å². The van der Waals surface area contributed by atoms with Gasteiger partial charge in [-0.3, -0.25) is 4.79 Å². The summed E-state index contributed by atoms with van der Waals surface area (Å²) in [7, 11) is 1.84. The van der Waals surface area contributed by atoms with E-state index >= 15 is 0 Å². The van der Waals surface area contributed by atoms with Crippen molar-refractivity contribution in [3.8, 4) is 0 Å². The van der Waals surface area contributed by atoms with E-state index in [1.54, 1.807) is 11.3 Å². The van der Waals surface area contributed by atoms with Gasteiger partial charge in [0.15, 0.2) is 0 Å². The van der Waals surface area contributed by atoms with Crippen LogP contribution < -0.4 is 10.6 Å². The molecule has 0 atom stereocenters. The van der Waals surface area contributed by atoms with E-state index in [1.807, 2.05) is 49.5 Å². The second-order valence-corrected chi connectivity index (χ2v) is 6.03. The van der Waals surface area contributed by atoms with Gasteiger partial charge < -0.3 is 10.6 Å². The van der Waals surface area contributed by atoms with Crippen molar-refractivity contribution in [1.82, 2.24) is 10.3 Å². The van der Waals surface area contributed by atoms with Crippen LogP contribution in [0.1, 0.15) is 15.4 Å². The smallest absolute Gasteiger partial charge is 0.251 e. The third-order valence-electron chi connectivity index (χ3n) is 3.38. The van der Waals surface area contributed by atoms with Crippen LogP contribution >= 0.6 is 11.3 Å². The number of anilines is 1. The van der Waals surface area contributed by atoms with Crippen LogP contribution in [0.25, 0.3) is 10.2 Å². The summed E-state index contributed by atoms with van der Waals surface area (Å²) in [6.07, 6.45) is 0.747. The van der Waals surface area contributed by atoms with E-state index in [0.717, 1.165) is 22.6 Å². The first-order chi connectivity index (χ1) is 10.8. The minimum absolute atomic E-state index is 0.0572. The number of benzene rings is 2. The highest BCUT2D eigenvalue weighted by molar-refractivity contribution is 7.18. The summed E-state index contributed by atoms with van der Waals surface area (Å²) in [6, 6.07) is 15.5. The number of hydrogen-bond donors (Lipinski definition) is 2. The molecule has 1 aromatic heterocycles. The van der Waals surface area contributed by atoms with Gasteiger partial charge in [-0.1, -0.05) is 18.2 Å². The zero-order chi connectivity index (χ0) is 15.4. The second kappa shape index (κ2) is 6.58. The zero-order valence-corrected chi connectivity index (χ0v) is 13.1. The molecule has 22 heavy (non-hydrogen) atoms. The molecule has 3 aromatic rings. The molecule has 0 saturated heterocycles. The van der Waals surface area contributed by atoms with Crippen LogP contribution in [-0.4, -0.2) is 24.5 Å². The summed E-state index contributed by atoms with van der Waals surface area (Å²) >= 11 is 1.68. The summed E-state index contributed by atoms with van der Waals surface area (Å²) in [6.45, 7) is 0.586. The van der Waals surface area contributed by atoms with Crippen molar-refractivity contribution in [3.63, 3.8) is 0 Å². The van der Waals surface area contributed by atoms with Crippen molar-refractivity contribution in [2.24, 2.45) is 0 Å². The Morgan fingerprint density at radius 1 is 1.18 bits per heavy atom. The highest BCUT2D eigenvalue weighted by Gasteiger charge is 2.07. The molecule has 0 bridgehead atoms. The molecule has 2 N–H and O–H groups in total. The molecule has 0 unspecified atom stereocenters. The number of nitrogens with zero attached hydrogens (tertiary/aromatic N) is 1. The first-order valence-electron chi connectivity index (χ1n) is 7.17. The number of hydrogen-bond acceptors (Lipinski definition) is 4. The van der Waals surface area contributed by atoms with Gasteiger partial charge in [0, 0.05) is 31.3 Å². The maximum atomic E-state index is 12.1. The summed E-state index contributed by atoms with van der Waals surface area (Å²) in [5, 5.41) is 7.02. The fraction of sp³-hybridized carbons (Fsp3) is 0.176. The normalized spacial score (nSPS) is 10.6. The van der Waals surface area contributed by atoms with Crippen LogP contribution in [0.5, 0.6) is 0 Å². The SMILES string of the molecule is CNc1cccc(C(=O)NCCc2nc3ccccc3s2)c1. The maximum absolute atomic E-state index is 12.1. The molecule has 1 amide bonds. The summed E-state index contributed by atoms with van der Waals surface area (Å²) in [5.41, 5.74) is 2.62. The minimum atomic E-state index is -0.0572. The molecular weight excluding hydrogens is 294 g/mol. The molecule has 3 rings (SSSR count). The first-order valence-corrected chi connectivity index (χ1v) is 7.98. The van der Waals surface area contributed by atoms with E-state index in [-0.39, 0.29) is 5.91 Å². The molecule has 0 saturated carbocycles. The first kappa shape index (κ1) is 14.5. The standard InChI is InChI=1S/C17H17N3OS/c1-18-13-6-4-5-12(11-13)17(21)19-10-9-16-20-14-7-2-3-8-15(14)22-16/h2-8,11,18H,9-10H2,1H3,(H,19,21). The zero-order valence-electron chi connectivity index (χ0n) is 12.3. The van der Waals surface area contributed by atoms with E-state index in [0.29, 0.717) is 12.1 Å². The largest absolute Gasteiger partial charge is 0.388 e. The fourth-order valence-electron chi connectivity index (χ4n) is 2.23. The predicted octanol–water partition coefficient (Wildman–Crippen LogP) is 3.31. The van der Waals surface area contributed by atoms with Gasteiger partial charge in [0.1, 0.15) is 0 Å². The van der Waals surface area contributed by atoms with Gasteiger partial charge in [0.2, 0.25) is 0 Å². The van der Waals surface area contributed by atoms with E-state index in [4.69, 9.17) is 0 Å². The van der Waals surface area contributed by atoms with Crippen molar-refractivity contribution in [2.45, 2.75) is 6.42 Å². The molecule has 0 spiro atoms.